The summed E-state index contributed by atoms with van der Waals surface area (Å²) in [6, 6.07) is 142. The Morgan fingerprint density at radius 1 is 0.186 bits per heavy atom. The number of nitrogens with zero attached hydrogens (tertiary/aromatic N) is 10. The summed E-state index contributed by atoms with van der Waals surface area (Å²) >= 11 is 5.35. The molecule has 0 bridgehead atoms. The van der Waals surface area contributed by atoms with E-state index in [2.05, 4.69) is 275 Å². The number of thiophene rings is 3. The van der Waals surface area contributed by atoms with Crippen molar-refractivity contribution in [3.63, 3.8) is 0 Å². The van der Waals surface area contributed by atoms with E-state index in [0.717, 1.165) is 198 Å². The molecule has 129 heavy (non-hydrogen) atoms. The lowest BCUT2D eigenvalue weighted by molar-refractivity contribution is 0.649. The second kappa shape index (κ2) is 31.2. The summed E-state index contributed by atoms with van der Waals surface area (Å²) in [5.41, 5.74) is 24.4. The van der Waals surface area contributed by atoms with E-state index in [4.69, 9.17) is 48.1 Å². The van der Waals surface area contributed by atoms with Crippen molar-refractivity contribution in [1.82, 2.24) is 48.6 Å². The fourth-order valence-corrected chi connectivity index (χ4v) is 21.5. The first-order valence-corrected chi connectivity index (χ1v) is 45.1. The predicted molar refractivity (Wildman–Crippen MR) is 531 cm³/mol. The van der Waals surface area contributed by atoms with Crippen LogP contribution in [0.4, 0.5) is 0 Å². The Balaban J connectivity index is 0.000000105. The van der Waals surface area contributed by atoms with Gasteiger partial charge in [-0.2, -0.15) is 0 Å². The van der Waals surface area contributed by atoms with Gasteiger partial charge < -0.3 is 13.3 Å². The van der Waals surface area contributed by atoms with Gasteiger partial charge in [0, 0.05) is 114 Å². The van der Waals surface area contributed by atoms with Crippen LogP contribution in [0.1, 0.15) is 0 Å². The zero-order chi connectivity index (χ0) is 85.0. The molecule has 0 aliphatic heterocycles. The Labute approximate surface area is 749 Å². The zero-order valence-corrected chi connectivity index (χ0v) is 71.1. The molecular weight excluding hydrogens is 1640 g/mol. The maximum Gasteiger partial charge on any atom is 0.214 e. The van der Waals surface area contributed by atoms with Gasteiger partial charge in [-0.25, -0.2) is 34.9 Å². The summed E-state index contributed by atoms with van der Waals surface area (Å²) in [7, 11) is 0. The zero-order valence-electron chi connectivity index (χ0n) is 68.7. The van der Waals surface area contributed by atoms with Crippen LogP contribution >= 0.6 is 34.0 Å². The molecule has 0 amide bonds. The summed E-state index contributed by atoms with van der Waals surface area (Å²) in [4.78, 5) is 35.1. The van der Waals surface area contributed by atoms with Crippen LogP contribution in [0.15, 0.2) is 426 Å². The number of furan rings is 3. The number of fused-ring (bicyclic) bond motifs is 21. The van der Waals surface area contributed by atoms with Gasteiger partial charge in [-0.05, 0) is 133 Å². The van der Waals surface area contributed by atoms with E-state index in [0.29, 0.717) is 29.1 Å². The molecular formula is C113H68N10O3S3. The van der Waals surface area contributed by atoms with Crippen LogP contribution in [0.5, 0.6) is 0 Å². The van der Waals surface area contributed by atoms with Gasteiger partial charge in [-0.1, -0.05) is 279 Å². The van der Waals surface area contributed by atoms with Gasteiger partial charge in [0.2, 0.25) is 17.1 Å². The number of benzene rings is 15. The van der Waals surface area contributed by atoms with Crippen LogP contribution in [0.3, 0.4) is 0 Å². The molecule has 27 rings (SSSR count). The standard InChI is InChI=1S/2C38H23N3OS.C37H22N4OS/c1-4-12-24(13-5-1)30-23-31(40-37(39-30)25-14-6-2-7-15-25)26-20-21-32-29(22-26)34-36-35(28-18-10-11-19-33(28)43-36)42-38(34)41(32)27-16-8-3-9-17-27;1-4-12-24(13-5-1)30-23-31(25-14-6-2-7-15-25)40-37(39-30)26-20-21-32-29(22-26)34-36-35(28-18-10-11-19-33(28)43-36)42-38(34)41(32)27-16-8-3-9-17-27;1-4-12-23(13-5-1)34-38-35(24-14-6-2-7-15-24)40-36(39-34)25-20-21-29-28(22-25)31-33-32(27-18-10-11-19-30(27)43-33)42-37(31)41(29)26-16-8-3-9-17-26/h2*1-23H;1-22H. The topological polar surface area (TPSA) is 144 Å². The first-order valence-electron chi connectivity index (χ1n) is 42.6. The quantitative estimate of drug-likeness (QED) is 0.116. The maximum atomic E-state index is 6.72. The van der Waals surface area contributed by atoms with Gasteiger partial charge in [0.15, 0.2) is 45.9 Å². The summed E-state index contributed by atoms with van der Waals surface area (Å²) < 4.78 is 34.0. The summed E-state index contributed by atoms with van der Waals surface area (Å²) in [6.45, 7) is 0. The highest BCUT2D eigenvalue weighted by Crippen LogP contribution is 2.51. The smallest absolute Gasteiger partial charge is 0.214 e. The lowest BCUT2D eigenvalue weighted by Crippen LogP contribution is -2.00. The van der Waals surface area contributed by atoms with Crippen molar-refractivity contribution in [1.29, 1.82) is 0 Å². The SMILES string of the molecule is c1ccc(-c2cc(-c3ccc4c(c3)c3c5sc6ccccc6c5oc3n4-c3ccccc3)nc(-c3ccccc3)n2)cc1.c1ccc(-c2cc(-c3ccccc3)nc(-c3ccc4c(c3)c3c5sc6ccccc6c5oc3n4-c3ccccc3)n2)cc1.c1ccc(-c2nc(-c3ccccc3)nc(-c3ccc4c(c3)c3c5sc6ccccc6c5oc3n4-c3ccccc3)n2)cc1. The molecule has 0 aliphatic carbocycles. The molecule has 0 radical (unpaired) electrons. The van der Waals surface area contributed by atoms with Gasteiger partial charge in [0.1, 0.15) is 0 Å². The predicted octanol–water partition coefficient (Wildman–Crippen LogP) is 31.0. The Morgan fingerprint density at radius 2 is 0.419 bits per heavy atom. The van der Waals surface area contributed by atoms with E-state index in [1.165, 1.54) is 18.8 Å². The van der Waals surface area contributed by atoms with Crippen molar-refractivity contribution in [2.75, 3.05) is 0 Å². The second-order valence-corrected chi connectivity index (χ2v) is 34.9. The Kier molecular flexibility index (Phi) is 18.2. The number of hydrogen-bond acceptors (Lipinski definition) is 13. The van der Waals surface area contributed by atoms with Crippen LogP contribution in [0.2, 0.25) is 0 Å². The van der Waals surface area contributed by atoms with Crippen LogP contribution in [-0.2, 0) is 0 Å². The molecule has 13 nitrogen and oxygen atoms in total. The fraction of sp³-hybridized carbons (Fsp3) is 0. The van der Waals surface area contributed by atoms with Gasteiger partial charge in [-0.15, -0.1) is 34.0 Å². The minimum Gasteiger partial charge on any atom is -0.438 e. The average Bonchev–Trinajstić information content (AvgIpc) is 1.55. The molecule has 0 unspecified atom stereocenters. The van der Waals surface area contributed by atoms with E-state index >= 15 is 0 Å². The Hall–Kier alpha value is -16.6. The van der Waals surface area contributed by atoms with Crippen molar-refractivity contribution < 1.29 is 13.3 Å². The van der Waals surface area contributed by atoms with Gasteiger partial charge in [0.05, 0.1) is 69.6 Å². The summed E-state index contributed by atoms with van der Waals surface area (Å²) in [5.74, 6) is 3.32. The second-order valence-electron chi connectivity index (χ2n) is 31.8. The molecule has 0 aliphatic rings. The van der Waals surface area contributed by atoms with Crippen molar-refractivity contribution in [3.8, 4) is 119 Å². The molecule has 0 spiro atoms. The van der Waals surface area contributed by atoms with Crippen LogP contribution < -0.4 is 0 Å². The molecule has 0 N–H and O–H groups in total. The van der Waals surface area contributed by atoms with Crippen molar-refractivity contribution >= 4 is 161 Å². The van der Waals surface area contributed by atoms with E-state index < -0.39 is 0 Å². The molecule has 12 aromatic heterocycles. The van der Waals surface area contributed by atoms with E-state index in [1.54, 1.807) is 34.0 Å². The minimum absolute atomic E-state index is 0.631. The molecule has 0 saturated carbocycles. The molecule has 0 atom stereocenters. The number of para-hydroxylation sites is 3. The third-order valence-corrected chi connectivity index (χ3v) is 27.5. The number of rotatable bonds is 12. The lowest BCUT2D eigenvalue weighted by atomic mass is 10.0. The Bertz CT molecular complexity index is 7980. The average molecular weight is 1710 g/mol. The van der Waals surface area contributed by atoms with E-state index in [1.807, 2.05) is 152 Å². The highest BCUT2D eigenvalue weighted by molar-refractivity contribution is 7.27. The largest absolute Gasteiger partial charge is 0.438 e. The summed E-state index contributed by atoms with van der Waals surface area (Å²) in [5, 5.41) is 10.2. The first kappa shape index (κ1) is 74.9. The van der Waals surface area contributed by atoms with Crippen LogP contribution in [0, 0.1) is 0 Å². The van der Waals surface area contributed by atoms with E-state index in [-0.39, 0.29) is 0 Å². The molecule has 0 fully saturated rings. The Morgan fingerprint density at radius 3 is 0.729 bits per heavy atom. The van der Waals surface area contributed by atoms with Crippen molar-refractivity contribution in [2.45, 2.75) is 0 Å². The van der Waals surface area contributed by atoms with Gasteiger partial charge in [-0.3, -0.25) is 13.7 Å². The normalized spacial score (nSPS) is 11.7. The first-order chi connectivity index (χ1) is 63.9. The highest BCUT2D eigenvalue weighted by atomic mass is 32.1. The van der Waals surface area contributed by atoms with Crippen LogP contribution in [-0.4, -0.2) is 48.6 Å². The van der Waals surface area contributed by atoms with E-state index in [9.17, 15) is 0 Å². The number of aromatic nitrogens is 10. The number of hydrogen-bond donors (Lipinski definition) is 0. The van der Waals surface area contributed by atoms with Crippen molar-refractivity contribution in [3.05, 3.63) is 413 Å². The molecule has 16 heteroatoms. The molecule has 606 valence electrons. The van der Waals surface area contributed by atoms with Crippen molar-refractivity contribution in [2.24, 2.45) is 0 Å². The third-order valence-electron chi connectivity index (χ3n) is 23.9. The monoisotopic (exact) mass is 1710 g/mol. The third kappa shape index (κ3) is 13.1. The lowest BCUT2D eigenvalue weighted by Gasteiger charge is -2.10. The molecule has 27 aromatic rings. The molecule has 12 heterocycles. The molecule has 0 saturated heterocycles. The van der Waals surface area contributed by atoms with Crippen LogP contribution in [0.25, 0.3) is 246 Å². The highest BCUT2D eigenvalue weighted by Gasteiger charge is 2.29. The minimum atomic E-state index is 0.631. The van der Waals surface area contributed by atoms with Gasteiger partial charge >= 0.3 is 0 Å². The summed E-state index contributed by atoms with van der Waals surface area (Å²) in [6.07, 6.45) is 0. The fourth-order valence-electron chi connectivity index (χ4n) is 17.9. The van der Waals surface area contributed by atoms with Gasteiger partial charge in [0.25, 0.3) is 0 Å². The maximum absolute atomic E-state index is 6.72. The molecule has 15 aromatic carbocycles.